The molecule has 10 heteroatoms. The highest BCUT2D eigenvalue weighted by molar-refractivity contribution is 5.94. The Balaban J connectivity index is 2.21. The van der Waals surface area contributed by atoms with Gasteiger partial charge in [0, 0.05) is 25.1 Å². The molecule has 0 saturated heterocycles. The summed E-state index contributed by atoms with van der Waals surface area (Å²) in [7, 11) is 1.50. The number of ether oxygens (including phenoxy) is 2. The lowest BCUT2D eigenvalue weighted by atomic mass is 9.92. The highest BCUT2D eigenvalue weighted by Gasteiger charge is 2.23. The number of para-hydroxylation sites is 1. The van der Waals surface area contributed by atoms with E-state index in [0.29, 0.717) is 5.82 Å². The van der Waals surface area contributed by atoms with Crippen LogP contribution < -0.4 is 10.6 Å². The van der Waals surface area contributed by atoms with E-state index in [9.17, 15) is 14.4 Å². The van der Waals surface area contributed by atoms with Crippen molar-refractivity contribution in [3.63, 3.8) is 0 Å². The van der Waals surface area contributed by atoms with Crippen molar-refractivity contribution < 1.29 is 23.9 Å². The van der Waals surface area contributed by atoms with Crippen LogP contribution in [0.1, 0.15) is 39.0 Å². The number of carbonyl (C=O) groups excluding carboxylic acids is 3. The fourth-order valence-electron chi connectivity index (χ4n) is 3.10. The molecule has 10 nitrogen and oxygen atoms in total. The van der Waals surface area contributed by atoms with Crippen molar-refractivity contribution in [1.82, 2.24) is 20.0 Å². The van der Waals surface area contributed by atoms with E-state index in [1.54, 1.807) is 11.6 Å². The molecule has 186 valence electrons. The Bertz CT molecular complexity index is 996. The van der Waals surface area contributed by atoms with Crippen LogP contribution in [0.2, 0.25) is 0 Å². The Hall–Kier alpha value is -3.40. The second-order valence-corrected chi connectivity index (χ2v) is 8.79. The minimum Gasteiger partial charge on any atom is -0.465 e. The number of aromatic nitrogens is 2. The lowest BCUT2D eigenvalue weighted by molar-refractivity contribution is -0.141. The Morgan fingerprint density at radius 3 is 2.50 bits per heavy atom. The molecular formula is C24H35N5O5. The van der Waals surface area contributed by atoms with E-state index in [4.69, 9.17) is 14.6 Å². The molecular weight excluding hydrogens is 438 g/mol. The molecule has 0 saturated carbocycles. The van der Waals surface area contributed by atoms with Gasteiger partial charge >= 0.3 is 12.0 Å². The SMILES string of the molecule is CCOC(=O)CNC(=O)N(CCOC)CC(=O)Nc1cc(C(C)(C)C)nn1-c1ccccc1C. The maximum Gasteiger partial charge on any atom is 0.325 e. The van der Waals surface area contributed by atoms with Crippen molar-refractivity contribution in [3.8, 4) is 5.69 Å². The molecule has 0 atom stereocenters. The van der Waals surface area contributed by atoms with E-state index in [1.165, 1.54) is 12.0 Å². The number of benzene rings is 1. The van der Waals surface area contributed by atoms with Gasteiger partial charge < -0.3 is 25.0 Å². The zero-order valence-corrected chi connectivity index (χ0v) is 20.8. The fourth-order valence-corrected chi connectivity index (χ4v) is 3.10. The van der Waals surface area contributed by atoms with E-state index in [1.807, 2.05) is 58.0 Å². The first kappa shape index (κ1) is 26.8. The second kappa shape index (κ2) is 12.2. The first-order valence-electron chi connectivity index (χ1n) is 11.2. The first-order valence-corrected chi connectivity index (χ1v) is 11.2. The Morgan fingerprint density at radius 1 is 1.18 bits per heavy atom. The summed E-state index contributed by atoms with van der Waals surface area (Å²) >= 11 is 0. The molecule has 2 N–H and O–H groups in total. The lowest BCUT2D eigenvalue weighted by Crippen LogP contribution is -2.47. The number of rotatable bonds is 10. The quantitative estimate of drug-likeness (QED) is 0.513. The van der Waals surface area contributed by atoms with Crippen molar-refractivity contribution in [2.45, 2.75) is 40.0 Å². The Labute approximate surface area is 200 Å². The molecule has 0 aliphatic carbocycles. The van der Waals surface area contributed by atoms with Crippen molar-refractivity contribution in [2.75, 3.05) is 45.3 Å². The van der Waals surface area contributed by atoms with Gasteiger partial charge in [0.15, 0.2) is 0 Å². The van der Waals surface area contributed by atoms with Crippen LogP contribution >= 0.6 is 0 Å². The zero-order chi connectivity index (χ0) is 25.3. The predicted octanol–water partition coefficient (Wildman–Crippen LogP) is 2.64. The number of amides is 3. The average molecular weight is 474 g/mol. The average Bonchev–Trinajstić information content (AvgIpc) is 3.19. The molecule has 0 aliphatic rings. The third-order valence-electron chi connectivity index (χ3n) is 4.97. The molecule has 1 aromatic heterocycles. The maximum absolute atomic E-state index is 13.0. The molecule has 1 aromatic carbocycles. The van der Waals surface area contributed by atoms with E-state index >= 15 is 0 Å². The second-order valence-electron chi connectivity index (χ2n) is 8.79. The number of hydrogen-bond acceptors (Lipinski definition) is 6. The highest BCUT2D eigenvalue weighted by atomic mass is 16.5. The highest BCUT2D eigenvalue weighted by Crippen LogP contribution is 2.27. The molecule has 0 unspecified atom stereocenters. The number of hydrogen-bond donors (Lipinski definition) is 2. The maximum atomic E-state index is 13.0. The molecule has 3 amide bonds. The number of carbonyl (C=O) groups is 3. The smallest absolute Gasteiger partial charge is 0.325 e. The van der Waals surface area contributed by atoms with Crippen LogP contribution in [0.5, 0.6) is 0 Å². The van der Waals surface area contributed by atoms with E-state index < -0.39 is 17.9 Å². The summed E-state index contributed by atoms with van der Waals surface area (Å²) in [5.74, 6) is -0.454. The van der Waals surface area contributed by atoms with Gasteiger partial charge in [-0.15, -0.1) is 0 Å². The van der Waals surface area contributed by atoms with Gasteiger partial charge in [-0.05, 0) is 25.5 Å². The Kier molecular flexibility index (Phi) is 9.61. The van der Waals surface area contributed by atoms with Crippen LogP contribution in [0.4, 0.5) is 10.6 Å². The third-order valence-corrected chi connectivity index (χ3v) is 4.97. The minimum absolute atomic E-state index is 0.170. The summed E-state index contributed by atoms with van der Waals surface area (Å²) in [6, 6.07) is 9.02. The number of esters is 1. The normalized spacial score (nSPS) is 11.1. The van der Waals surface area contributed by atoms with Gasteiger partial charge in [-0.25, -0.2) is 9.48 Å². The summed E-state index contributed by atoms with van der Waals surface area (Å²) in [6.45, 7) is 9.89. The fraction of sp³-hybridized carbons (Fsp3) is 0.500. The number of nitrogens with zero attached hydrogens (tertiary/aromatic N) is 3. The number of nitrogens with one attached hydrogen (secondary N) is 2. The van der Waals surface area contributed by atoms with Crippen molar-refractivity contribution in [2.24, 2.45) is 0 Å². The molecule has 1 heterocycles. The molecule has 2 aromatic rings. The van der Waals surface area contributed by atoms with Crippen LogP contribution in [0.3, 0.4) is 0 Å². The van der Waals surface area contributed by atoms with Crippen molar-refractivity contribution in [3.05, 3.63) is 41.6 Å². The number of urea groups is 1. The number of anilines is 1. The van der Waals surface area contributed by atoms with Gasteiger partial charge in [-0.3, -0.25) is 9.59 Å². The van der Waals surface area contributed by atoms with Gasteiger partial charge in [0.2, 0.25) is 5.91 Å². The van der Waals surface area contributed by atoms with Crippen molar-refractivity contribution in [1.29, 1.82) is 0 Å². The van der Waals surface area contributed by atoms with Crippen LogP contribution in [-0.2, 0) is 24.5 Å². The first-order chi connectivity index (χ1) is 16.1. The molecule has 0 spiro atoms. The van der Waals surface area contributed by atoms with Gasteiger partial charge in [-0.1, -0.05) is 39.0 Å². The molecule has 0 aliphatic heterocycles. The van der Waals surface area contributed by atoms with E-state index in [2.05, 4.69) is 10.6 Å². The summed E-state index contributed by atoms with van der Waals surface area (Å²) < 4.78 is 11.6. The molecule has 34 heavy (non-hydrogen) atoms. The monoisotopic (exact) mass is 473 g/mol. The summed E-state index contributed by atoms with van der Waals surface area (Å²) in [6.07, 6.45) is 0. The predicted molar refractivity (Wildman–Crippen MR) is 129 cm³/mol. The molecule has 0 bridgehead atoms. The minimum atomic E-state index is -0.567. The number of methoxy groups -OCH3 is 1. The topological polar surface area (TPSA) is 115 Å². The zero-order valence-electron chi connectivity index (χ0n) is 20.8. The summed E-state index contributed by atoms with van der Waals surface area (Å²) in [5.41, 5.74) is 2.43. The van der Waals surface area contributed by atoms with Gasteiger partial charge in [0.1, 0.15) is 18.9 Å². The number of aryl methyl sites for hydroxylation is 1. The van der Waals surface area contributed by atoms with Gasteiger partial charge in [0.25, 0.3) is 0 Å². The van der Waals surface area contributed by atoms with Gasteiger partial charge in [-0.2, -0.15) is 5.10 Å². The summed E-state index contributed by atoms with van der Waals surface area (Å²) in [4.78, 5) is 38.4. The van der Waals surface area contributed by atoms with Crippen LogP contribution in [0.15, 0.2) is 30.3 Å². The largest absolute Gasteiger partial charge is 0.465 e. The third kappa shape index (κ3) is 7.58. The van der Waals surface area contributed by atoms with E-state index in [-0.39, 0.29) is 38.3 Å². The van der Waals surface area contributed by atoms with Gasteiger partial charge in [0.05, 0.1) is 24.6 Å². The van der Waals surface area contributed by atoms with E-state index in [0.717, 1.165) is 16.9 Å². The standard InChI is InChI=1S/C24H35N5O5/c1-7-34-22(31)15-25-23(32)28(12-13-33-6)16-21(30)26-20-14-19(24(3,4)5)27-29(20)18-11-9-8-10-17(18)2/h8-11,14H,7,12-13,15-16H2,1-6H3,(H,25,32)(H,26,30). The van der Waals surface area contributed by atoms with Crippen LogP contribution in [-0.4, -0.2) is 72.5 Å². The Morgan fingerprint density at radius 2 is 1.88 bits per heavy atom. The molecule has 0 fully saturated rings. The van der Waals surface area contributed by atoms with Crippen LogP contribution in [0, 0.1) is 6.92 Å². The lowest BCUT2D eigenvalue weighted by Gasteiger charge is -2.22. The van der Waals surface area contributed by atoms with Crippen LogP contribution in [0.25, 0.3) is 5.69 Å². The molecule has 2 rings (SSSR count). The molecule has 0 radical (unpaired) electrons. The van der Waals surface area contributed by atoms with Crippen molar-refractivity contribution >= 4 is 23.7 Å². The summed E-state index contributed by atoms with van der Waals surface area (Å²) in [5, 5.41) is 10.1.